The van der Waals surface area contributed by atoms with E-state index in [4.69, 9.17) is 32.7 Å². The van der Waals surface area contributed by atoms with Crippen molar-refractivity contribution in [3.05, 3.63) is 87.9 Å². The highest BCUT2D eigenvalue weighted by Gasteiger charge is 2.09. The Morgan fingerprint density at radius 2 is 1.71 bits per heavy atom. The number of hydrogen-bond acceptors (Lipinski definition) is 5. The van der Waals surface area contributed by atoms with Gasteiger partial charge in [-0.25, -0.2) is 5.43 Å². The molecule has 0 fully saturated rings. The SMILES string of the molecule is COc1ccccc1NC(=O)CCC(=O)NN=Cc1ccc(OCc2ccc(Cl)cc2Cl)cc1. The highest BCUT2D eigenvalue weighted by molar-refractivity contribution is 6.35. The molecule has 0 aliphatic rings. The number of amides is 2. The van der Waals surface area contributed by atoms with Crippen LogP contribution in [0.5, 0.6) is 11.5 Å². The van der Waals surface area contributed by atoms with Gasteiger partial charge in [0.2, 0.25) is 11.8 Å². The van der Waals surface area contributed by atoms with Crippen molar-refractivity contribution < 1.29 is 19.1 Å². The molecule has 0 aromatic heterocycles. The molecule has 0 heterocycles. The van der Waals surface area contributed by atoms with Gasteiger partial charge in [-0.2, -0.15) is 5.10 Å². The number of para-hydroxylation sites is 2. The Balaban J connectivity index is 1.40. The van der Waals surface area contributed by atoms with Gasteiger partial charge in [-0.05, 0) is 54.1 Å². The molecule has 2 N–H and O–H groups in total. The average Bonchev–Trinajstić information content (AvgIpc) is 2.83. The summed E-state index contributed by atoms with van der Waals surface area (Å²) in [7, 11) is 1.52. The third-order valence-corrected chi connectivity index (χ3v) is 5.24. The second-order valence-corrected chi connectivity index (χ2v) is 7.98. The van der Waals surface area contributed by atoms with Gasteiger partial charge in [-0.1, -0.05) is 41.4 Å². The van der Waals surface area contributed by atoms with E-state index in [1.165, 1.54) is 13.3 Å². The van der Waals surface area contributed by atoms with Gasteiger partial charge < -0.3 is 14.8 Å². The number of halogens is 2. The van der Waals surface area contributed by atoms with Crippen molar-refractivity contribution in [3.63, 3.8) is 0 Å². The first-order valence-corrected chi connectivity index (χ1v) is 11.1. The Hall–Kier alpha value is -3.55. The lowest BCUT2D eigenvalue weighted by Gasteiger charge is -2.09. The summed E-state index contributed by atoms with van der Waals surface area (Å²) in [6.45, 7) is 0.310. The van der Waals surface area contributed by atoms with Crippen molar-refractivity contribution in [1.82, 2.24) is 5.43 Å². The van der Waals surface area contributed by atoms with Gasteiger partial charge in [0.1, 0.15) is 18.1 Å². The second-order valence-electron chi connectivity index (χ2n) is 7.14. The van der Waals surface area contributed by atoms with E-state index < -0.39 is 0 Å². The van der Waals surface area contributed by atoms with Crippen molar-refractivity contribution in [2.45, 2.75) is 19.4 Å². The largest absolute Gasteiger partial charge is 0.495 e. The number of hydrogen-bond donors (Lipinski definition) is 2. The van der Waals surface area contributed by atoms with Gasteiger partial charge in [-0.3, -0.25) is 9.59 Å². The fraction of sp³-hybridized carbons (Fsp3) is 0.160. The van der Waals surface area contributed by atoms with Crippen molar-refractivity contribution >= 4 is 46.9 Å². The van der Waals surface area contributed by atoms with Gasteiger partial charge >= 0.3 is 0 Å². The quantitative estimate of drug-likeness (QED) is 0.286. The fourth-order valence-electron chi connectivity index (χ4n) is 2.87. The molecule has 0 aliphatic carbocycles. The molecule has 0 saturated heterocycles. The summed E-state index contributed by atoms with van der Waals surface area (Å²) in [6, 6.07) is 19.5. The van der Waals surface area contributed by atoms with E-state index in [1.807, 2.05) is 6.07 Å². The van der Waals surface area contributed by atoms with E-state index in [1.54, 1.807) is 60.7 Å². The molecule has 3 rings (SSSR count). The van der Waals surface area contributed by atoms with Crippen LogP contribution in [-0.4, -0.2) is 25.1 Å². The van der Waals surface area contributed by atoms with E-state index >= 15 is 0 Å². The fourth-order valence-corrected chi connectivity index (χ4v) is 3.34. The summed E-state index contributed by atoms with van der Waals surface area (Å²) in [4.78, 5) is 24.0. The maximum atomic E-state index is 12.1. The van der Waals surface area contributed by atoms with E-state index in [9.17, 15) is 9.59 Å². The van der Waals surface area contributed by atoms with Crippen LogP contribution in [0, 0.1) is 0 Å². The van der Waals surface area contributed by atoms with Crippen molar-refractivity contribution in [1.29, 1.82) is 0 Å². The standard InChI is InChI=1S/C25H23Cl2N3O4/c1-33-23-5-3-2-4-22(23)29-24(31)12-13-25(32)30-28-15-17-6-10-20(11-7-17)34-16-18-8-9-19(26)14-21(18)27/h2-11,14-15H,12-13,16H2,1H3,(H,29,31)(H,30,32). The lowest BCUT2D eigenvalue weighted by molar-refractivity contribution is -0.124. The minimum Gasteiger partial charge on any atom is -0.495 e. The number of carbonyl (C=O) groups is 2. The van der Waals surface area contributed by atoms with Crippen LogP contribution in [-0.2, 0) is 16.2 Å². The molecule has 176 valence electrons. The average molecular weight is 500 g/mol. The minimum absolute atomic E-state index is 0.00163. The van der Waals surface area contributed by atoms with Gasteiger partial charge in [0.15, 0.2) is 0 Å². The molecule has 34 heavy (non-hydrogen) atoms. The Labute approximate surface area is 207 Å². The number of rotatable bonds is 10. The van der Waals surface area contributed by atoms with Crippen molar-refractivity contribution in [3.8, 4) is 11.5 Å². The van der Waals surface area contributed by atoms with Gasteiger partial charge in [0.25, 0.3) is 0 Å². The van der Waals surface area contributed by atoms with Crippen LogP contribution in [0.4, 0.5) is 5.69 Å². The number of methoxy groups -OCH3 is 1. The molecule has 0 aliphatic heterocycles. The highest BCUT2D eigenvalue weighted by Crippen LogP contribution is 2.24. The number of benzene rings is 3. The Kier molecular flexibility index (Phi) is 9.31. The zero-order valence-corrected chi connectivity index (χ0v) is 19.9. The Morgan fingerprint density at radius 1 is 0.971 bits per heavy atom. The minimum atomic E-state index is -0.369. The highest BCUT2D eigenvalue weighted by atomic mass is 35.5. The van der Waals surface area contributed by atoms with E-state index in [2.05, 4.69) is 15.8 Å². The normalized spacial score (nSPS) is 10.7. The van der Waals surface area contributed by atoms with Crippen LogP contribution in [0.1, 0.15) is 24.0 Å². The number of anilines is 1. The smallest absolute Gasteiger partial charge is 0.240 e. The lowest BCUT2D eigenvalue weighted by Crippen LogP contribution is -2.20. The zero-order valence-electron chi connectivity index (χ0n) is 18.4. The zero-order chi connectivity index (χ0) is 24.3. The first-order valence-electron chi connectivity index (χ1n) is 10.4. The molecule has 0 unspecified atom stereocenters. The number of hydrazone groups is 1. The molecule has 0 spiro atoms. The van der Waals surface area contributed by atoms with Crippen LogP contribution < -0.4 is 20.2 Å². The van der Waals surface area contributed by atoms with Crippen LogP contribution >= 0.6 is 23.2 Å². The summed E-state index contributed by atoms with van der Waals surface area (Å²) in [5, 5.41) is 7.77. The molecular weight excluding hydrogens is 477 g/mol. The van der Waals surface area contributed by atoms with Crippen LogP contribution in [0.25, 0.3) is 0 Å². The van der Waals surface area contributed by atoms with Crippen LogP contribution in [0.3, 0.4) is 0 Å². The summed E-state index contributed by atoms with van der Waals surface area (Å²) < 4.78 is 10.9. The molecule has 3 aromatic carbocycles. The molecule has 0 atom stereocenters. The molecule has 3 aromatic rings. The molecular formula is C25H23Cl2N3O4. The van der Waals surface area contributed by atoms with Gasteiger partial charge in [-0.15, -0.1) is 0 Å². The third kappa shape index (κ3) is 7.79. The van der Waals surface area contributed by atoms with E-state index in [-0.39, 0.29) is 24.7 Å². The summed E-state index contributed by atoms with van der Waals surface area (Å²) in [5.41, 5.74) is 4.57. The molecule has 2 amide bonds. The second kappa shape index (κ2) is 12.6. The van der Waals surface area contributed by atoms with Gasteiger partial charge in [0, 0.05) is 28.5 Å². The Bertz CT molecular complexity index is 1170. The predicted octanol–water partition coefficient (Wildman–Crippen LogP) is 5.45. The summed E-state index contributed by atoms with van der Waals surface area (Å²) in [6.07, 6.45) is 1.52. The number of carbonyl (C=O) groups excluding carboxylic acids is 2. The van der Waals surface area contributed by atoms with Crippen LogP contribution in [0.2, 0.25) is 10.0 Å². The predicted molar refractivity (Wildman–Crippen MR) is 134 cm³/mol. The van der Waals surface area contributed by atoms with E-state index in [0.717, 1.165) is 11.1 Å². The van der Waals surface area contributed by atoms with Gasteiger partial charge in [0.05, 0.1) is 19.0 Å². The Morgan fingerprint density at radius 3 is 2.44 bits per heavy atom. The molecule has 9 heteroatoms. The number of nitrogens with zero attached hydrogens (tertiary/aromatic N) is 1. The van der Waals surface area contributed by atoms with Crippen molar-refractivity contribution in [2.24, 2.45) is 5.10 Å². The first kappa shape index (κ1) is 25.1. The lowest BCUT2D eigenvalue weighted by atomic mass is 10.2. The first-order chi connectivity index (χ1) is 16.4. The summed E-state index contributed by atoms with van der Waals surface area (Å²) >= 11 is 12.0. The topological polar surface area (TPSA) is 89.0 Å². The number of nitrogens with one attached hydrogen (secondary N) is 2. The summed E-state index contributed by atoms with van der Waals surface area (Å²) in [5.74, 6) is 0.550. The maximum Gasteiger partial charge on any atom is 0.240 e. The third-order valence-electron chi connectivity index (χ3n) is 4.65. The molecule has 0 radical (unpaired) electrons. The molecule has 0 saturated carbocycles. The molecule has 0 bridgehead atoms. The maximum absolute atomic E-state index is 12.1. The van der Waals surface area contributed by atoms with Crippen LogP contribution in [0.15, 0.2) is 71.8 Å². The van der Waals surface area contributed by atoms with E-state index in [0.29, 0.717) is 33.8 Å². The monoisotopic (exact) mass is 499 g/mol. The number of ether oxygens (including phenoxy) is 2. The molecule has 7 nitrogen and oxygen atoms in total. The van der Waals surface area contributed by atoms with Crippen molar-refractivity contribution in [2.75, 3.05) is 12.4 Å².